The maximum absolute atomic E-state index is 12.7. The van der Waals surface area contributed by atoms with Crippen LogP contribution in [-0.4, -0.2) is 38.2 Å². The molecule has 0 unspecified atom stereocenters. The van der Waals surface area contributed by atoms with Crippen molar-refractivity contribution in [1.82, 2.24) is 9.97 Å². The van der Waals surface area contributed by atoms with Gasteiger partial charge in [-0.2, -0.15) is 0 Å². The standard InChI is InChI=1S/C22H26N4O2/c1-14-19(21(27)24-22(28)23-14)20(15-6-10-17(11-7-15)25(2)3)16-8-12-18(13-9-16)26(4)5/h6-13,20H,1-5H3,(H2,23,24,27,28). The molecule has 0 atom stereocenters. The third kappa shape index (κ3) is 3.86. The fourth-order valence-electron chi connectivity index (χ4n) is 3.41. The number of aromatic nitrogens is 2. The molecular weight excluding hydrogens is 352 g/mol. The first-order valence-electron chi connectivity index (χ1n) is 9.15. The van der Waals surface area contributed by atoms with Crippen LogP contribution < -0.4 is 21.0 Å². The summed E-state index contributed by atoms with van der Waals surface area (Å²) in [6.45, 7) is 1.77. The number of hydrogen-bond donors (Lipinski definition) is 2. The van der Waals surface area contributed by atoms with Crippen LogP contribution >= 0.6 is 0 Å². The fourth-order valence-corrected chi connectivity index (χ4v) is 3.41. The predicted molar refractivity (Wildman–Crippen MR) is 115 cm³/mol. The number of nitrogens with zero attached hydrogens (tertiary/aromatic N) is 2. The average Bonchev–Trinajstić information content (AvgIpc) is 2.64. The number of H-pyrrole nitrogens is 2. The normalized spacial score (nSPS) is 10.9. The molecular formula is C22H26N4O2. The first-order chi connectivity index (χ1) is 13.3. The topological polar surface area (TPSA) is 72.2 Å². The first-order valence-corrected chi connectivity index (χ1v) is 9.15. The van der Waals surface area contributed by atoms with Gasteiger partial charge in [-0.3, -0.25) is 9.78 Å². The Morgan fingerprint density at radius 3 is 1.50 bits per heavy atom. The molecule has 28 heavy (non-hydrogen) atoms. The van der Waals surface area contributed by atoms with E-state index in [9.17, 15) is 9.59 Å². The lowest BCUT2D eigenvalue weighted by Gasteiger charge is -2.22. The Hall–Kier alpha value is -3.28. The largest absolute Gasteiger partial charge is 0.378 e. The Morgan fingerprint density at radius 2 is 1.14 bits per heavy atom. The molecule has 0 amide bonds. The molecule has 0 aliphatic heterocycles. The van der Waals surface area contributed by atoms with Gasteiger partial charge in [0.15, 0.2) is 0 Å². The number of benzene rings is 2. The summed E-state index contributed by atoms with van der Waals surface area (Å²) in [5, 5.41) is 0. The molecule has 0 fully saturated rings. The number of aromatic amines is 2. The third-order valence-electron chi connectivity index (χ3n) is 4.95. The highest BCUT2D eigenvalue weighted by Gasteiger charge is 2.23. The van der Waals surface area contributed by atoms with Crippen molar-refractivity contribution in [1.29, 1.82) is 0 Å². The van der Waals surface area contributed by atoms with Crippen molar-refractivity contribution in [2.75, 3.05) is 38.0 Å². The van der Waals surface area contributed by atoms with Crippen LogP contribution in [0.2, 0.25) is 0 Å². The van der Waals surface area contributed by atoms with E-state index in [1.807, 2.05) is 86.5 Å². The summed E-state index contributed by atoms with van der Waals surface area (Å²) < 4.78 is 0. The Morgan fingerprint density at radius 1 is 0.714 bits per heavy atom. The van der Waals surface area contributed by atoms with Crippen molar-refractivity contribution in [3.8, 4) is 0 Å². The molecule has 146 valence electrons. The van der Waals surface area contributed by atoms with Crippen LogP contribution in [-0.2, 0) is 0 Å². The van der Waals surface area contributed by atoms with E-state index < -0.39 is 5.69 Å². The Kier molecular flexibility index (Phi) is 5.40. The lowest BCUT2D eigenvalue weighted by molar-refractivity contribution is 0.868. The van der Waals surface area contributed by atoms with E-state index in [0.29, 0.717) is 11.3 Å². The molecule has 6 heteroatoms. The van der Waals surface area contributed by atoms with E-state index in [1.54, 1.807) is 6.92 Å². The van der Waals surface area contributed by atoms with Crippen LogP contribution in [0.1, 0.15) is 28.3 Å². The molecule has 1 aromatic heterocycles. The SMILES string of the molecule is Cc1[nH]c(=O)[nH]c(=O)c1C(c1ccc(N(C)C)cc1)c1ccc(N(C)C)cc1. The van der Waals surface area contributed by atoms with Gasteiger partial charge in [-0.15, -0.1) is 0 Å². The van der Waals surface area contributed by atoms with Crippen LogP contribution in [0, 0.1) is 6.92 Å². The van der Waals surface area contributed by atoms with Crippen LogP contribution in [0.5, 0.6) is 0 Å². The molecule has 0 aliphatic carbocycles. The highest BCUT2D eigenvalue weighted by molar-refractivity contribution is 5.53. The zero-order chi connectivity index (χ0) is 20.4. The van der Waals surface area contributed by atoms with E-state index in [4.69, 9.17) is 0 Å². The maximum atomic E-state index is 12.7. The van der Waals surface area contributed by atoms with Gasteiger partial charge in [-0.25, -0.2) is 4.79 Å². The summed E-state index contributed by atoms with van der Waals surface area (Å²) in [6.07, 6.45) is 0. The summed E-state index contributed by atoms with van der Waals surface area (Å²) in [5.74, 6) is -0.284. The van der Waals surface area contributed by atoms with Gasteiger partial charge in [-0.1, -0.05) is 24.3 Å². The third-order valence-corrected chi connectivity index (χ3v) is 4.95. The zero-order valence-corrected chi connectivity index (χ0v) is 16.9. The predicted octanol–water partition coefficient (Wildman–Crippen LogP) is 2.68. The maximum Gasteiger partial charge on any atom is 0.325 e. The second-order valence-electron chi connectivity index (χ2n) is 7.35. The van der Waals surface area contributed by atoms with Crippen molar-refractivity contribution < 1.29 is 0 Å². The zero-order valence-electron chi connectivity index (χ0n) is 16.9. The van der Waals surface area contributed by atoms with Crippen molar-refractivity contribution >= 4 is 11.4 Å². The average molecular weight is 378 g/mol. The smallest absolute Gasteiger partial charge is 0.325 e. The van der Waals surface area contributed by atoms with Gasteiger partial charge in [0.2, 0.25) is 0 Å². The van der Waals surface area contributed by atoms with Gasteiger partial charge >= 0.3 is 5.69 Å². The summed E-state index contributed by atoms with van der Waals surface area (Å²) in [6, 6.07) is 16.3. The summed E-state index contributed by atoms with van der Waals surface area (Å²) in [5.41, 5.74) is 4.42. The van der Waals surface area contributed by atoms with Crippen LogP contribution in [0.4, 0.5) is 11.4 Å². The molecule has 0 saturated carbocycles. The van der Waals surface area contributed by atoms with Crippen LogP contribution in [0.25, 0.3) is 0 Å². The van der Waals surface area contributed by atoms with Gasteiger partial charge in [0.05, 0.1) is 0 Å². The van der Waals surface area contributed by atoms with E-state index in [0.717, 1.165) is 22.5 Å². The highest BCUT2D eigenvalue weighted by atomic mass is 16.2. The minimum absolute atomic E-state index is 0.284. The van der Waals surface area contributed by atoms with E-state index in [-0.39, 0.29) is 11.5 Å². The van der Waals surface area contributed by atoms with Crippen LogP contribution in [0.15, 0.2) is 58.1 Å². The van der Waals surface area contributed by atoms with Crippen LogP contribution in [0.3, 0.4) is 0 Å². The molecule has 0 radical (unpaired) electrons. The Bertz CT molecular complexity index is 1010. The molecule has 3 aromatic rings. The van der Waals surface area contributed by atoms with Crippen molar-refractivity contribution in [3.63, 3.8) is 0 Å². The number of nitrogens with one attached hydrogen (secondary N) is 2. The van der Waals surface area contributed by atoms with Gasteiger partial charge < -0.3 is 14.8 Å². The summed E-state index contributed by atoms with van der Waals surface area (Å²) >= 11 is 0. The monoisotopic (exact) mass is 378 g/mol. The lowest BCUT2D eigenvalue weighted by Crippen LogP contribution is -2.29. The number of aryl methyl sites for hydroxylation is 1. The quantitative estimate of drug-likeness (QED) is 0.716. The molecule has 6 nitrogen and oxygen atoms in total. The molecule has 2 N–H and O–H groups in total. The minimum Gasteiger partial charge on any atom is -0.378 e. The van der Waals surface area contributed by atoms with Crippen molar-refractivity contribution in [2.45, 2.75) is 12.8 Å². The van der Waals surface area contributed by atoms with E-state index >= 15 is 0 Å². The van der Waals surface area contributed by atoms with Gasteiger partial charge in [0.1, 0.15) is 0 Å². The fraction of sp³-hybridized carbons (Fsp3) is 0.273. The molecule has 1 heterocycles. The summed E-state index contributed by atoms with van der Waals surface area (Å²) in [7, 11) is 7.96. The lowest BCUT2D eigenvalue weighted by atomic mass is 9.84. The Labute approximate surface area is 164 Å². The van der Waals surface area contributed by atoms with E-state index in [2.05, 4.69) is 9.97 Å². The molecule has 0 spiro atoms. The van der Waals surface area contributed by atoms with Crippen molar-refractivity contribution in [3.05, 3.63) is 91.8 Å². The molecule has 0 aliphatic rings. The van der Waals surface area contributed by atoms with Gasteiger partial charge in [0.25, 0.3) is 5.56 Å². The van der Waals surface area contributed by atoms with Gasteiger partial charge in [0, 0.05) is 56.7 Å². The minimum atomic E-state index is -0.490. The number of rotatable bonds is 5. The summed E-state index contributed by atoms with van der Waals surface area (Å²) in [4.78, 5) is 33.6. The molecule has 0 bridgehead atoms. The highest BCUT2D eigenvalue weighted by Crippen LogP contribution is 2.33. The molecule has 2 aromatic carbocycles. The van der Waals surface area contributed by atoms with E-state index in [1.165, 1.54) is 0 Å². The first kappa shape index (κ1) is 19.5. The second kappa shape index (κ2) is 7.76. The number of hydrogen-bond acceptors (Lipinski definition) is 4. The Balaban J connectivity index is 2.19. The molecule has 3 rings (SSSR count). The second-order valence-corrected chi connectivity index (χ2v) is 7.35. The van der Waals surface area contributed by atoms with Crippen molar-refractivity contribution in [2.24, 2.45) is 0 Å². The van der Waals surface area contributed by atoms with Gasteiger partial charge in [-0.05, 0) is 42.3 Å². The number of anilines is 2. The molecule has 0 saturated heterocycles.